The first kappa shape index (κ1) is 19.0. The van der Waals surface area contributed by atoms with E-state index in [9.17, 15) is 19.2 Å². The number of amides is 4. The van der Waals surface area contributed by atoms with Crippen LogP contribution >= 0.6 is 22.6 Å². The monoisotopic (exact) mass is 474 g/mol. The molecule has 3 aliphatic rings. The molecule has 2 atom stereocenters. The van der Waals surface area contributed by atoms with E-state index in [1.807, 2.05) is 0 Å². The second-order valence-corrected chi connectivity index (χ2v) is 7.20. The molecule has 26 heavy (non-hydrogen) atoms. The number of fused-ring (bicyclic) bond motifs is 1. The van der Waals surface area contributed by atoms with Gasteiger partial charge in [-0.2, -0.15) is 0 Å². The third-order valence-corrected chi connectivity index (χ3v) is 4.91. The number of hydrogen-bond acceptors (Lipinski definition) is 6. The molecule has 140 valence electrons. The number of likely N-dealkylation sites (tertiary alicyclic amines) is 1. The number of hydrogen-bond donors (Lipinski definition) is 1. The zero-order valence-electron chi connectivity index (χ0n) is 14.0. The Hall–Kier alpha value is -1.75. The first-order valence-corrected chi connectivity index (χ1v) is 9.95. The number of halogens is 1. The largest absolute Gasteiger partial charge is 0.492 e. The quantitative estimate of drug-likeness (QED) is 0.249. The van der Waals surface area contributed by atoms with E-state index >= 15 is 0 Å². The van der Waals surface area contributed by atoms with Crippen LogP contribution in [0.2, 0.25) is 0 Å². The van der Waals surface area contributed by atoms with Crippen LogP contribution in [0.4, 0.5) is 0 Å². The van der Waals surface area contributed by atoms with Crippen LogP contribution in [0.1, 0.15) is 19.3 Å². The van der Waals surface area contributed by atoms with Gasteiger partial charge in [-0.3, -0.25) is 29.4 Å². The van der Waals surface area contributed by atoms with Gasteiger partial charge < -0.3 is 9.47 Å². The third kappa shape index (κ3) is 3.83. The predicted octanol–water partition coefficient (Wildman–Crippen LogP) is 0.459. The van der Waals surface area contributed by atoms with Gasteiger partial charge in [0.15, 0.2) is 0 Å². The average Bonchev–Trinajstić information content (AvgIpc) is 2.86. The highest BCUT2D eigenvalue weighted by atomic mass is 127. The second kappa shape index (κ2) is 8.30. The molecule has 2 fully saturated rings. The Morgan fingerprint density at radius 2 is 2.00 bits per heavy atom. The highest BCUT2D eigenvalue weighted by Gasteiger charge is 2.49. The van der Waals surface area contributed by atoms with E-state index in [2.05, 4.69) is 27.9 Å². The predicted molar refractivity (Wildman–Crippen MR) is 98.0 cm³/mol. The Morgan fingerprint density at radius 1 is 1.19 bits per heavy atom. The molecule has 0 saturated carbocycles. The van der Waals surface area contributed by atoms with Gasteiger partial charge in [0, 0.05) is 16.4 Å². The molecule has 2 aliphatic heterocycles. The number of imide groups is 2. The number of carbonyl (C=O) groups excluding carboxylic acids is 4. The maximum Gasteiger partial charge on any atom is 0.258 e. The Kier molecular flexibility index (Phi) is 6.07. The third-order valence-electron chi connectivity index (χ3n) is 4.47. The van der Waals surface area contributed by atoms with Gasteiger partial charge in [-0.05, 0) is 25.0 Å². The molecule has 2 unspecified atom stereocenters. The summed E-state index contributed by atoms with van der Waals surface area (Å²) in [5, 5.41) is 2.19. The van der Waals surface area contributed by atoms with Crippen LogP contribution in [0.25, 0.3) is 0 Å². The number of allylic oxidation sites excluding steroid dienone is 2. The fraction of sp³-hybridized carbons (Fsp3) is 0.529. The maximum absolute atomic E-state index is 12.7. The van der Waals surface area contributed by atoms with Crippen molar-refractivity contribution in [2.24, 2.45) is 5.92 Å². The highest BCUT2D eigenvalue weighted by molar-refractivity contribution is 14.1. The molecule has 9 heteroatoms. The van der Waals surface area contributed by atoms with Gasteiger partial charge in [-0.25, -0.2) is 0 Å². The normalized spacial score (nSPS) is 25.7. The van der Waals surface area contributed by atoms with Crippen molar-refractivity contribution in [2.75, 3.05) is 24.2 Å². The van der Waals surface area contributed by atoms with Gasteiger partial charge in [0.2, 0.25) is 17.7 Å². The summed E-state index contributed by atoms with van der Waals surface area (Å²) in [5.74, 6) is -1.92. The van der Waals surface area contributed by atoms with E-state index in [4.69, 9.17) is 9.47 Å². The van der Waals surface area contributed by atoms with Crippen LogP contribution in [0, 0.1) is 5.92 Å². The standard InChI is InChI=1S/C17H19IN2O6/c18-5-6-25-7-8-26-10-1-2-11-12(9-10)17(24)20(16(11)23)13-3-4-14(21)19-15(13)22/h1,9,11,13H,2-8H2,(H,19,21,22). The minimum atomic E-state index is -0.926. The van der Waals surface area contributed by atoms with Crippen molar-refractivity contribution < 1.29 is 28.7 Å². The minimum absolute atomic E-state index is 0.112. The molecular weight excluding hydrogens is 455 g/mol. The number of piperidine rings is 1. The molecule has 2 heterocycles. The van der Waals surface area contributed by atoms with E-state index in [-0.39, 0.29) is 18.7 Å². The first-order chi connectivity index (χ1) is 12.5. The first-order valence-electron chi connectivity index (χ1n) is 8.42. The van der Waals surface area contributed by atoms with E-state index in [0.717, 1.165) is 9.33 Å². The molecule has 0 spiro atoms. The number of carbonyl (C=O) groups is 4. The van der Waals surface area contributed by atoms with E-state index < -0.39 is 29.7 Å². The van der Waals surface area contributed by atoms with Crippen molar-refractivity contribution in [1.82, 2.24) is 10.2 Å². The zero-order chi connectivity index (χ0) is 18.7. The molecule has 1 aliphatic carbocycles. The van der Waals surface area contributed by atoms with Crippen molar-refractivity contribution in [1.29, 1.82) is 0 Å². The van der Waals surface area contributed by atoms with Crippen molar-refractivity contribution in [3.05, 3.63) is 23.5 Å². The Balaban J connectivity index is 1.66. The summed E-state index contributed by atoms with van der Waals surface area (Å²) in [5.41, 5.74) is 0.338. The molecule has 0 radical (unpaired) electrons. The van der Waals surface area contributed by atoms with Crippen LogP contribution in [0.5, 0.6) is 0 Å². The molecule has 0 aromatic rings. The number of ether oxygens (including phenoxy) is 2. The minimum Gasteiger partial charge on any atom is -0.492 e. The topological polar surface area (TPSA) is 102 Å². The molecular formula is C17H19IN2O6. The van der Waals surface area contributed by atoms with Crippen molar-refractivity contribution in [3.8, 4) is 0 Å². The van der Waals surface area contributed by atoms with Crippen LogP contribution in [0.3, 0.4) is 0 Å². The van der Waals surface area contributed by atoms with Crippen LogP contribution in [0.15, 0.2) is 23.5 Å². The van der Waals surface area contributed by atoms with Crippen molar-refractivity contribution >= 4 is 46.2 Å². The fourth-order valence-corrected chi connectivity index (χ4v) is 3.54. The number of rotatable bonds is 7. The SMILES string of the molecule is O=C1CCC(N2C(=O)C3=CC(OCCOCCI)=CCC3C2=O)C(=O)N1. The summed E-state index contributed by atoms with van der Waals surface area (Å²) in [4.78, 5) is 49.6. The Labute approximate surface area is 164 Å². The fourth-order valence-electron chi connectivity index (χ4n) is 3.22. The molecule has 2 saturated heterocycles. The number of nitrogens with zero attached hydrogens (tertiary/aromatic N) is 1. The summed E-state index contributed by atoms with van der Waals surface area (Å²) < 4.78 is 11.8. The molecule has 8 nitrogen and oxygen atoms in total. The lowest BCUT2D eigenvalue weighted by atomic mass is 9.93. The smallest absolute Gasteiger partial charge is 0.258 e. The van der Waals surface area contributed by atoms with Gasteiger partial charge in [0.25, 0.3) is 5.91 Å². The molecule has 3 rings (SSSR count). The summed E-state index contributed by atoms with van der Waals surface area (Å²) in [6, 6.07) is -0.926. The average molecular weight is 474 g/mol. The molecule has 0 aromatic heterocycles. The van der Waals surface area contributed by atoms with E-state index in [1.165, 1.54) is 0 Å². The van der Waals surface area contributed by atoms with Crippen molar-refractivity contribution in [3.63, 3.8) is 0 Å². The maximum atomic E-state index is 12.7. The lowest BCUT2D eigenvalue weighted by Gasteiger charge is -2.27. The Bertz CT molecular complexity index is 701. The van der Waals surface area contributed by atoms with Gasteiger partial charge >= 0.3 is 0 Å². The van der Waals surface area contributed by atoms with Crippen LogP contribution in [-0.4, -0.2) is 58.8 Å². The van der Waals surface area contributed by atoms with Crippen LogP contribution in [-0.2, 0) is 28.7 Å². The molecule has 1 N–H and O–H groups in total. The Morgan fingerprint density at radius 3 is 2.73 bits per heavy atom. The molecule has 4 amide bonds. The summed E-state index contributed by atoms with van der Waals surface area (Å²) in [6.45, 7) is 1.46. The molecule has 0 bridgehead atoms. The zero-order valence-corrected chi connectivity index (χ0v) is 16.2. The summed E-state index contributed by atoms with van der Waals surface area (Å²) >= 11 is 2.22. The molecule has 0 aromatic carbocycles. The lowest BCUT2D eigenvalue weighted by Crippen LogP contribution is -2.54. The van der Waals surface area contributed by atoms with Gasteiger partial charge in [-0.15, -0.1) is 0 Å². The number of nitrogens with one attached hydrogen (secondary N) is 1. The van der Waals surface area contributed by atoms with Crippen LogP contribution < -0.4 is 5.32 Å². The summed E-state index contributed by atoms with van der Waals surface area (Å²) in [7, 11) is 0. The summed E-state index contributed by atoms with van der Waals surface area (Å²) in [6.07, 6.45) is 3.96. The lowest BCUT2D eigenvalue weighted by molar-refractivity contribution is -0.150. The highest BCUT2D eigenvalue weighted by Crippen LogP contribution is 2.35. The van der Waals surface area contributed by atoms with E-state index in [0.29, 0.717) is 37.6 Å². The van der Waals surface area contributed by atoms with E-state index in [1.54, 1.807) is 12.2 Å². The van der Waals surface area contributed by atoms with Gasteiger partial charge in [0.05, 0.1) is 19.1 Å². The van der Waals surface area contributed by atoms with Gasteiger partial charge in [0.1, 0.15) is 18.4 Å². The van der Waals surface area contributed by atoms with Gasteiger partial charge in [-0.1, -0.05) is 22.6 Å². The number of alkyl halides is 1. The van der Waals surface area contributed by atoms with Crippen molar-refractivity contribution in [2.45, 2.75) is 25.3 Å². The second-order valence-electron chi connectivity index (χ2n) is 6.12.